The summed E-state index contributed by atoms with van der Waals surface area (Å²) >= 11 is 1.63. The standard InChI is InChI=1S/C16H19N3OS/c1-11-18-15(10-21-11)12-4-3-5-13(8-12)16(20)19(2)14-6-7-17-9-14/h3-5,8,10,14,17H,6-7,9H2,1-2H3. The van der Waals surface area contributed by atoms with Crippen molar-refractivity contribution in [3.63, 3.8) is 0 Å². The molecule has 110 valence electrons. The maximum Gasteiger partial charge on any atom is 0.253 e. The van der Waals surface area contributed by atoms with E-state index in [0.29, 0.717) is 6.04 Å². The molecular formula is C16H19N3OS. The zero-order valence-corrected chi connectivity index (χ0v) is 13.1. The second-order valence-corrected chi connectivity index (χ2v) is 6.46. The van der Waals surface area contributed by atoms with Gasteiger partial charge in [0.25, 0.3) is 5.91 Å². The lowest BCUT2D eigenvalue weighted by molar-refractivity contribution is 0.0744. The quantitative estimate of drug-likeness (QED) is 0.947. The van der Waals surface area contributed by atoms with Gasteiger partial charge in [-0.1, -0.05) is 12.1 Å². The number of aromatic nitrogens is 1. The van der Waals surface area contributed by atoms with Crippen LogP contribution in [0.4, 0.5) is 0 Å². The Morgan fingerprint density at radius 3 is 3.00 bits per heavy atom. The maximum atomic E-state index is 12.6. The van der Waals surface area contributed by atoms with E-state index in [9.17, 15) is 4.79 Å². The number of rotatable bonds is 3. The number of carbonyl (C=O) groups is 1. The fourth-order valence-corrected chi connectivity index (χ4v) is 3.27. The summed E-state index contributed by atoms with van der Waals surface area (Å²) in [6.45, 7) is 3.86. The fourth-order valence-electron chi connectivity index (χ4n) is 2.65. The molecule has 0 radical (unpaired) electrons. The molecule has 1 aromatic heterocycles. The van der Waals surface area contributed by atoms with Crippen LogP contribution in [-0.2, 0) is 0 Å². The highest BCUT2D eigenvalue weighted by Gasteiger charge is 2.24. The molecule has 1 N–H and O–H groups in total. The summed E-state index contributed by atoms with van der Waals surface area (Å²) in [5, 5.41) is 6.37. The number of thiazole rings is 1. The number of nitrogens with one attached hydrogen (secondary N) is 1. The molecule has 5 heteroatoms. The third-order valence-corrected chi connectivity index (χ3v) is 4.70. The van der Waals surface area contributed by atoms with Crippen molar-refractivity contribution in [2.45, 2.75) is 19.4 Å². The number of benzene rings is 1. The van der Waals surface area contributed by atoms with E-state index in [4.69, 9.17) is 0 Å². The molecule has 0 aliphatic carbocycles. The van der Waals surface area contributed by atoms with E-state index < -0.39 is 0 Å². The van der Waals surface area contributed by atoms with Crippen molar-refractivity contribution in [2.24, 2.45) is 0 Å². The molecule has 1 aromatic carbocycles. The van der Waals surface area contributed by atoms with Gasteiger partial charge in [0.2, 0.25) is 0 Å². The van der Waals surface area contributed by atoms with Crippen molar-refractivity contribution in [3.8, 4) is 11.3 Å². The summed E-state index contributed by atoms with van der Waals surface area (Å²) in [4.78, 5) is 18.9. The average molecular weight is 301 g/mol. The van der Waals surface area contributed by atoms with Crippen LogP contribution in [0.25, 0.3) is 11.3 Å². The number of carbonyl (C=O) groups excluding carboxylic acids is 1. The van der Waals surface area contributed by atoms with Crippen molar-refractivity contribution in [1.29, 1.82) is 0 Å². The number of amides is 1. The number of hydrogen-bond donors (Lipinski definition) is 1. The van der Waals surface area contributed by atoms with Crippen LogP contribution < -0.4 is 5.32 Å². The average Bonchev–Trinajstić information content (AvgIpc) is 3.17. The smallest absolute Gasteiger partial charge is 0.253 e. The highest BCUT2D eigenvalue weighted by Crippen LogP contribution is 2.23. The first-order valence-corrected chi connectivity index (χ1v) is 8.03. The summed E-state index contributed by atoms with van der Waals surface area (Å²) in [7, 11) is 1.89. The van der Waals surface area contributed by atoms with Crippen molar-refractivity contribution in [3.05, 3.63) is 40.2 Å². The molecule has 3 rings (SSSR count). The molecule has 2 heterocycles. The molecule has 1 aliphatic heterocycles. The topological polar surface area (TPSA) is 45.2 Å². The van der Waals surface area contributed by atoms with Gasteiger partial charge >= 0.3 is 0 Å². The Kier molecular flexibility index (Phi) is 4.03. The molecule has 2 aromatic rings. The van der Waals surface area contributed by atoms with E-state index in [1.54, 1.807) is 11.3 Å². The predicted molar refractivity (Wildman–Crippen MR) is 85.7 cm³/mol. The molecule has 21 heavy (non-hydrogen) atoms. The zero-order chi connectivity index (χ0) is 14.8. The Hall–Kier alpha value is -1.72. The Morgan fingerprint density at radius 1 is 1.48 bits per heavy atom. The Bertz CT molecular complexity index is 646. The Labute approximate surface area is 128 Å². The summed E-state index contributed by atoms with van der Waals surface area (Å²) in [6, 6.07) is 8.04. The minimum atomic E-state index is 0.0810. The van der Waals surface area contributed by atoms with Gasteiger partial charge in [-0.15, -0.1) is 11.3 Å². The number of aryl methyl sites for hydroxylation is 1. The van der Waals surface area contributed by atoms with Crippen molar-refractivity contribution in [1.82, 2.24) is 15.2 Å². The van der Waals surface area contributed by atoms with Crippen LogP contribution in [0.15, 0.2) is 29.6 Å². The van der Waals surface area contributed by atoms with Gasteiger partial charge in [0.05, 0.1) is 10.7 Å². The van der Waals surface area contributed by atoms with Crippen LogP contribution in [0.2, 0.25) is 0 Å². The molecule has 0 spiro atoms. The van der Waals surface area contributed by atoms with Crippen molar-refractivity contribution < 1.29 is 4.79 Å². The van der Waals surface area contributed by atoms with Crippen LogP contribution in [0.1, 0.15) is 21.8 Å². The van der Waals surface area contributed by atoms with E-state index in [1.807, 2.05) is 48.5 Å². The van der Waals surface area contributed by atoms with E-state index >= 15 is 0 Å². The van der Waals surface area contributed by atoms with Gasteiger partial charge in [0.15, 0.2) is 0 Å². The molecule has 4 nitrogen and oxygen atoms in total. The third kappa shape index (κ3) is 2.99. The Morgan fingerprint density at radius 2 is 2.33 bits per heavy atom. The minimum Gasteiger partial charge on any atom is -0.337 e. The van der Waals surface area contributed by atoms with Gasteiger partial charge in [0, 0.05) is 36.1 Å². The van der Waals surface area contributed by atoms with Gasteiger partial charge in [-0.05, 0) is 32.0 Å². The largest absolute Gasteiger partial charge is 0.337 e. The molecule has 0 saturated carbocycles. The SMILES string of the molecule is Cc1nc(-c2cccc(C(=O)N(C)C3CCNC3)c2)cs1. The van der Waals surface area contributed by atoms with Gasteiger partial charge in [-0.3, -0.25) is 4.79 Å². The predicted octanol–water partition coefficient (Wildman–Crippen LogP) is 2.55. The van der Waals surface area contributed by atoms with Crippen LogP contribution in [0.5, 0.6) is 0 Å². The second kappa shape index (κ2) is 5.95. The highest BCUT2D eigenvalue weighted by molar-refractivity contribution is 7.09. The summed E-state index contributed by atoms with van der Waals surface area (Å²) in [5.41, 5.74) is 2.67. The second-order valence-electron chi connectivity index (χ2n) is 5.40. The van der Waals surface area contributed by atoms with Crippen molar-refractivity contribution in [2.75, 3.05) is 20.1 Å². The lowest BCUT2D eigenvalue weighted by Crippen LogP contribution is -2.38. The van der Waals surface area contributed by atoms with Crippen molar-refractivity contribution >= 4 is 17.2 Å². The van der Waals surface area contributed by atoms with E-state index in [1.165, 1.54) is 0 Å². The molecule has 1 fully saturated rings. The molecule has 1 amide bonds. The molecule has 1 atom stereocenters. The van der Waals surface area contributed by atoms with E-state index in [-0.39, 0.29) is 5.91 Å². The summed E-state index contributed by atoms with van der Waals surface area (Å²) in [5.74, 6) is 0.0810. The monoisotopic (exact) mass is 301 g/mol. The zero-order valence-electron chi connectivity index (χ0n) is 12.3. The maximum absolute atomic E-state index is 12.6. The minimum absolute atomic E-state index is 0.0810. The van der Waals surface area contributed by atoms with E-state index in [2.05, 4.69) is 10.3 Å². The number of likely N-dealkylation sites (N-methyl/N-ethyl adjacent to an activating group) is 1. The van der Waals surface area contributed by atoms with Crippen LogP contribution in [-0.4, -0.2) is 42.0 Å². The molecule has 1 unspecified atom stereocenters. The van der Waals surface area contributed by atoms with Gasteiger partial charge < -0.3 is 10.2 Å². The lowest BCUT2D eigenvalue weighted by atomic mass is 10.1. The van der Waals surface area contributed by atoms with Crippen LogP contribution in [0, 0.1) is 6.92 Å². The fraction of sp³-hybridized carbons (Fsp3) is 0.375. The first kappa shape index (κ1) is 14.2. The first-order chi connectivity index (χ1) is 10.1. The third-order valence-electron chi connectivity index (χ3n) is 3.93. The first-order valence-electron chi connectivity index (χ1n) is 7.15. The van der Waals surface area contributed by atoms with Gasteiger partial charge in [0.1, 0.15) is 0 Å². The molecule has 1 aliphatic rings. The highest BCUT2D eigenvalue weighted by atomic mass is 32.1. The Balaban J connectivity index is 1.83. The van der Waals surface area contributed by atoms with Crippen LogP contribution >= 0.6 is 11.3 Å². The molecule has 0 bridgehead atoms. The van der Waals surface area contributed by atoms with Crippen LogP contribution in [0.3, 0.4) is 0 Å². The normalized spacial score (nSPS) is 17.9. The lowest BCUT2D eigenvalue weighted by Gasteiger charge is -2.24. The van der Waals surface area contributed by atoms with Gasteiger partial charge in [-0.25, -0.2) is 4.98 Å². The summed E-state index contributed by atoms with van der Waals surface area (Å²) in [6.07, 6.45) is 1.02. The van der Waals surface area contributed by atoms with Gasteiger partial charge in [-0.2, -0.15) is 0 Å². The number of nitrogens with zero attached hydrogens (tertiary/aromatic N) is 2. The summed E-state index contributed by atoms with van der Waals surface area (Å²) < 4.78 is 0. The van der Waals surface area contributed by atoms with E-state index in [0.717, 1.165) is 41.3 Å². The molecular weight excluding hydrogens is 282 g/mol. The molecule has 1 saturated heterocycles. The number of hydrogen-bond acceptors (Lipinski definition) is 4.